The van der Waals surface area contributed by atoms with Gasteiger partial charge in [-0.15, -0.1) is 0 Å². The number of likely N-dealkylation sites (tertiary alicyclic amines) is 1. The average molecular weight is 340 g/mol. The molecule has 0 aromatic heterocycles. The fraction of sp³-hybridized carbons (Fsp3) is 0.444. The van der Waals surface area contributed by atoms with Gasteiger partial charge >= 0.3 is 0 Å². The Labute approximate surface area is 146 Å². The smallest absolute Gasteiger partial charge is 0.253 e. The molecule has 0 saturated carbocycles. The molecular formula is C18H20N4O3. The van der Waals surface area contributed by atoms with Crippen LogP contribution in [0.25, 0.3) is 0 Å². The van der Waals surface area contributed by atoms with Crippen molar-refractivity contribution in [3.8, 4) is 6.07 Å². The van der Waals surface area contributed by atoms with Crippen molar-refractivity contribution in [2.75, 3.05) is 18.4 Å². The molecule has 0 spiro atoms. The summed E-state index contributed by atoms with van der Waals surface area (Å²) >= 11 is 0. The standard InChI is InChI=1S/C18H20N4O3/c1-11(23)20-15-4-2-12(3-5-15)18(25)22-7-6-16-14(10-22)8-13(9-19)17(24)21-16/h2-5,13-14,16H,6-8,10H2,1H3,(H,20,23)(H,21,24). The van der Waals surface area contributed by atoms with Gasteiger partial charge in [-0.1, -0.05) is 0 Å². The Bertz CT molecular complexity index is 738. The largest absolute Gasteiger partial charge is 0.352 e. The summed E-state index contributed by atoms with van der Waals surface area (Å²) in [6.07, 6.45) is 1.20. The molecule has 0 bridgehead atoms. The van der Waals surface area contributed by atoms with Gasteiger partial charge in [-0.25, -0.2) is 0 Å². The Balaban J connectivity index is 1.66. The zero-order valence-corrected chi connectivity index (χ0v) is 14.0. The fourth-order valence-corrected chi connectivity index (χ4v) is 3.53. The molecule has 3 atom stereocenters. The van der Waals surface area contributed by atoms with E-state index in [4.69, 9.17) is 5.26 Å². The van der Waals surface area contributed by atoms with Crippen molar-refractivity contribution < 1.29 is 14.4 Å². The molecule has 3 amide bonds. The summed E-state index contributed by atoms with van der Waals surface area (Å²) in [5.41, 5.74) is 1.21. The van der Waals surface area contributed by atoms with Crippen molar-refractivity contribution in [3.63, 3.8) is 0 Å². The van der Waals surface area contributed by atoms with Crippen molar-refractivity contribution >= 4 is 23.4 Å². The lowest BCUT2D eigenvalue weighted by atomic mass is 9.80. The predicted octanol–water partition coefficient (Wildman–Crippen LogP) is 1.14. The van der Waals surface area contributed by atoms with Crippen molar-refractivity contribution in [1.29, 1.82) is 5.26 Å². The van der Waals surface area contributed by atoms with Gasteiger partial charge < -0.3 is 15.5 Å². The Morgan fingerprint density at radius 3 is 2.68 bits per heavy atom. The lowest BCUT2D eigenvalue weighted by molar-refractivity contribution is -0.128. The predicted molar refractivity (Wildman–Crippen MR) is 90.4 cm³/mol. The molecule has 2 fully saturated rings. The van der Waals surface area contributed by atoms with Gasteiger partial charge in [-0.05, 0) is 43.0 Å². The Morgan fingerprint density at radius 2 is 2.04 bits per heavy atom. The molecule has 0 radical (unpaired) electrons. The maximum atomic E-state index is 12.7. The van der Waals surface area contributed by atoms with E-state index in [-0.39, 0.29) is 29.7 Å². The molecule has 2 N–H and O–H groups in total. The average Bonchev–Trinajstić information content (AvgIpc) is 2.60. The summed E-state index contributed by atoms with van der Waals surface area (Å²) in [7, 11) is 0. The number of hydrogen-bond acceptors (Lipinski definition) is 4. The molecule has 3 rings (SSSR count). The van der Waals surface area contributed by atoms with E-state index >= 15 is 0 Å². The minimum atomic E-state index is -0.631. The van der Waals surface area contributed by atoms with Crippen LogP contribution in [0.3, 0.4) is 0 Å². The molecule has 25 heavy (non-hydrogen) atoms. The van der Waals surface area contributed by atoms with Crippen LogP contribution in [-0.2, 0) is 9.59 Å². The minimum absolute atomic E-state index is 0.0447. The van der Waals surface area contributed by atoms with E-state index in [1.807, 2.05) is 6.07 Å². The number of piperidine rings is 2. The van der Waals surface area contributed by atoms with Gasteiger partial charge in [0.05, 0.1) is 6.07 Å². The maximum absolute atomic E-state index is 12.7. The second-order valence-corrected chi connectivity index (χ2v) is 6.59. The zero-order valence-electron chi connectivity index (χ0n) is 14.0. The molecular weight excluding hydrogens is 320 g/mol. The first kappa shape index (κ1) is 17.0. The van der Waals surface area contributed by atoms with Gasteiger partial charge in [0.1, 0.15) is 5.92 Å². The lowest BCUT2D eigenvalue weighted by Gasteiger charge is -2.42. The molecule has 2 aliphatic heterocycles. The quantitative estimate of drug-likeness (QED) is 0.842. The number of benzene rings is 1. The molecule has 1 aromatic rings. The van der Waals surface area contributed by atoms with Gasteiger partial charge in [0.2, 0.25) is 11.8 Å². The van der Waals surface area contributed by atoms with E-state index in [0.29, 0.717) is 37.2 Å². The van der Waals surface area contributed by atoms with Crippen LogP contribution < -0.4 is 10.6 Å². The summed E-state index contributed by atoms with van der Waals surface area (Å²) in [5, 5.41) is 14.6. The van der Waals surface area contributed by atoms with Crippen LogP contribution in [0.2, 0.25) is 0 Å². The monoisotopic (exact) mass is 340 g/mol. The van der Waals surface area contributed by atoms with E-state index in [1.165, 1.54) is 6.92 Å². The summed E-state index contributed by atoms with van der Waals surface area (Å²) < 4.78 is 0. The first-order valence-corrected chi connectivity index (χ1v) is 8.35. The number of nitrogens with one attached hydrogen (secondary N) is 2. The number of fused-ring (bicyclic) bond motifs is 1. The minimum Gasteiger partial charge on any atom is -0.352 e. The number of nitriles is 1. The molecule has 130 valence electrons. The highest BCUT2D eigenvalue weighted by Gasteiger charge is 2.40. The van der Waals surface area contributed by atoms with Crippen LogP contribution in [-0.4, -0.2) is 41.8 Å². The topological polar surface area (TPSA) is 102 Å². The normalized spacial score (nSPS) is 25.4. The third-order valence-corrected chi connectivity index (χ3v) is 4.81. The van der Waals surface area contributed by atoms with Crippen LogP contribution in [0.1, 0.15) is 30.1 Å². The second kappa shape index (κ2) is 6.93. The van der Waals surface area contributed by atoms with Gasteiger partial charge in [0, 0.05) is 37.3 Å². The molecule has 2 heterocycles. The van der Waals surface area contributed by atoms with Crippen molar-refractivity contribution in [1.82, 2.24) is 10.2 Å². The summed E-state index contributed by atoms with van der Waals surface area (Å²) in [6.45, 7) is 2.54. The molecule has 0 aliphatic carbocycles. The van der Waals surface area contributed by atoms with Crippen molar-refractivity contribution in [3.05, 3.63) is 29.8 Å². The number of anilines is 1. The van der Waals surface area contributed by atoms with E-state index in [1.54, 1.807) is 29.2 Å². The molecule has 1 aromatic carbocycles. The summed E-state index contributed by atoms with van der Waals surface area (Å²) in [5.74, 6) is -0.949. The highest BCUT2D eigenvalue weighted by Crippen LogP contribution is 2.29. The van der Waals surface area contributed by atoms with Crippen LogP contribution in [0.15, 0.2) is 24.3 Å². The number of carbonyl (C=O) groups excluding carboxylic acids is 3. The van der Waals surface area contributed by atoms with Crippen molar-refractivity contribution in [2.45, 2.75) is 25.8 Å². The summed E-state index contributed by atoms with van der Waals surface area (Å²) in [4.78, 5) is 37.3. The number of nitrogens with zero attached hydrogens (tertiary/aromatic N) is 2. The van der Waals surface area contributed by atoms with Crippen molar-refractivity contribution in [2.24, 2.45) is 11.8 Å². The van der Waals surface area contributed by atoms with E-state index < -0.39 is 5.92 Å². The van der Waals surface area contributed by atoms with E-state index in [9.17, 15) is 14.4 Å². The fourth-order valence-electron chi connectivity index (χ4n) is 3.53. The van der Waals surface area contributed by atoms with E-state index in [0.717, 1.165) is 0 Å². The SMILES string of the molecule is CC(=O)Nc1ccc(C(=O)N2CCC3NC(=O)C(C#N)CC3C2)cc1. The van der Waals surface area contributed by atoms with E-state index in [2.05, 4.69) is 10.6 Å². The number of hydrogen-bond donors (Lipinski definition) is 2. The second-order valence-electron chi connectivity index (χ2n) is 6.59. The number of carbonyl (C=O) groups is 3. The number of rotatable bonds is 2. The highest BCUT2D eigenvalue weighted by atomic mass is 16.2. The Kier molecular flexibility index (Phi) is 4.70. The molecule has 2 aliphatic rings. The van der Waals surface area contributed by atoms with Crippen LogP contribution in [0.5, 0.6) is 0 Å². The maximum Gasteiger partial charge on any atom is 0.253 e. The summed E-state index contributed by atoms with van der Waals surface area (Å²) in [6, 6.07) is 8.87. The first-order valence-electron chi connectivity index (χ1n) is 8.35. The molecule has 2 saturated heterocycles. The van der Waals surface area contributed by atoms with Crippen LogP contribution in [0.4, 0.5) is 5.69 Å². The van der Waals surface area contributed by atoms with Gasteiger partial charge in [-0.2, -0.15) is 5.26 Å². The van der Waals surface area contributed by atoms with Gasteiger partial charge in [-0.3, -0.25) is 14.4 Å². The number of amides is 3. The lowest BCUT2D eigenvalue weighted by Crippen LogP contribution is -2.57. The highest BCUT2D eigenvalue weighted by molar-refractivity contribution is 5.95. The van der Waals surface area contributed by atoms with Crippen LogP contribution in [0, 0.1) is 23.2 Å². The van der Waals surface area contributed by atoms with Gasteiger partial charge in [0.25, 0.3) is 5.91 Å². The molecule has 7 nitrogen and oxygen atoms in total. The van der Waals surface area contributed by atoms with Crippen LogP contribution >= 0.6 is 0 Å². The Hall–Kier alpha value is -2.88. The Morgan fingerprint density at radius 1 is 1.32 bits per heavy atom. The molecule has 3 unspecified atom stereocenters. The van der Waals surface area contributed by atoms with Gasteiger partial charge in [0.15, 0.2) is 0 Å². The third-order valence-electron chi connectivity index (χ3n) is 4.81. The first-order chi connectivity index (χ1) is 12.0. The third kappa shape index (κ3) is 3.63. The zero-order chi connectivity index (χ0) is 18.0. The molecule has 7 heteroatoms.